The lowest BCUT2D eigenvalue weighted by atomic mass is 9.92. The Bertz CT molecular complexity index is 2760. The van der Waals surface area contributed by atoms with Gasteiger partial charge in [-0.3, -0.25) is 0 Å². The first kappa shape index (κ1) is 30.0. The standard InChI is InChI=1S/C50H33NO/c1-2-12-35(13-3-1)44-21-6-7-24-47(44)51(40-29-26-36(27-30-40)43-22-9-15-34-14-4-5-20-42(34)43)41-19-8-18-38(32-41)39-28-31-48-46(33-39)45-23-10-16-37-17-11-25-49(52-48)50(37)45/h1-33H. The zero-order valence-electron chi connectivity index (χ0n) is 28.4. The van der Waals surface area contributed by atoms with Crippen molar-refractivity contribution in [1.82, 2.24) is 0 Å². The Kier molecular flexibility index (Phi) is 7.18. The molecule has 0 aromatic heterocycles. The second-order valence-electron chi connectivity index (χ2n) is 13.3. The van der Waals surface area contributed by atoms with Crippen LogP contribution in [0.1, 0.15) is 0 Å². The highest BCUT2D eigenvalue weighted by Crippen LogP contribution is 2.48. The fraction of sp³-hybridized carbons (Fsp3) is 0. The fourth-order valence-corrected chi connectivity index (χ4v) is 7.79. The van der Waals surface area contributed by atoms with Gasteiger partial charge in [0.2, 0.25) is 0 Å². The normalized spacial score (nSPS) is 11.6. The van der Waals surface area contributed by atoms with E-state index >= 15 is 0 Å². The predicted molar refractivity (Wildman–Crippen MR) is 218 cm³/mol. The van der Waals surface area contributed by atoms with E-state index in [1.807, 2.05) is 0 Å². The maximum Gasteiger partial charge on any atom is 0.135 e. The minimum absolute atomic E-state index is 0.885. The monoisotopic (exact) mass is 663 g/mol. The van der Waals surface area contributed by atoms with Crippen molar-refractivity contribution in [2.45, 2.75) is 0 Å². The second-order valence-corrected chi connectivity index (χ2v) is 13.3. The van der Waals surface area contributed by atoms with Gasteiger partial charge >= 0.3 is 0 Å². The number of para-hydroxylation sites is 1. The highest BCUT2D eigenvalue weighted by molar-refractivity contribution is 6.04. The highest BCUT2D eigenvalue weighted by atomic mass is 16.5. The molecular formula is C50H33NO. The van der Waals surface area contributed by atoms with Crippen LogP contribution in [0.5, 0.6) is 11.5 Å². The number of hydrogen-bond donors (Lipinski definition) is 0. The van der Waals surface area contributed by atoms with Crippen molar-refractivity contribution >= 4 is 38.6 Å². The number of hydrogen-bond acceptors (Lipinski definition) is 2. The summed E-state index contributed by atoms with van der Waals surface area (Å²) >= 11 is 0. The molecule has 0 amide bonds. The summed E-state index contributed by atoms with van der Waals surface area (Å²) in [6.07, 6.45) is 0. The number of anilines is 3. The molecule has 0 N–H and O–H groups in total. The van der Waals surface area contributed by atoms with Gasteiger partial charge in [-0.25, -0.2) is 0 Å². The first-order chi connectivity index (χ1) is 25.8. The average molecular weight is 664 g/mol. The van der Waals surface area contributed by atoms with Crippen LogP contribution in [0.4, 0.5) is 17.1 Å². The van der Waals surface area contributed by atoms with E-state index in [0.29, 0.717) is 0 Å². The molecule has 10 rings (SSSR count). The molecule has 0 saturated heterocycles. The SMILES string of the molecule is c1ccc(-c2ccccc2N(c2ccc(-c3cccc4ccccc34)cc2)c2cccc(-c3ccc4c(c3)-c3cccc5cccc(c35)O4)c2)cc1. The van der Waals surface area contributed by atoms with Gasteiger partial charge in [-0.1, -0.05) is 152 Å². The van der Waals surface area contributed by atoms with E-state index in [9.17, 15) is 0 Å². The van der Waals surface area contributed by atoms with Crippen LogP contribution in [-0.4, -0.2) is 0 Å². The Morgan fingerprint density at radius 2 is 0.942 bits per heavy atom. The van der Waals surface area contributed by atoms with Crippen molar-refractivity contribution in [3.05, 3.63) is 200 Å². The topological polar surface area (TPSA) is 12.5 Å². The minimum Gasteiger partial charge on any atom is -0.456 e. The van der Waals surface area contributed by atoms with Gasteiger partial charge < -0.3 is 9.64 Å². The van der Waals surface area contributed by atoms with Crippen LogP contribution in [0, 0.1) is 0 Å². The van der Waals surface area contributed by atoms with E-state index in [0.717, 1.165) is 45.3 Å². The summed E-state index contributed by atoms with van der Waals surface area (Å²) in [5.74, 6) is 1.80. The third-order valence-corrected chi connectivity index (χ3v) is 10.2. The van der Waals surface area contributed by atoms with Crippen LogP contribution in [0.2, 0.25) is 0 Å². The molecule has 0 atom stereocenters. The number of ether oxygens (including phenoxy) is 1. The average Bonchev–Trinajstić information content (AvgIpc) is 3.22. The molecule has 0 spiro atoms. The molecular weight excluding hydrogens is 631 g/mol. The minimum atomic E-state index is 0.885. The number of benzene rings is 9. The number of rotatable bonds is 6. The summed E-state index contributed by atoms with van der Waals surface area (Å²) in [7, 11) is 0. The lowest BCUT2D eigenvalue weighted by Gasteiger charge is -2.28. The molecule has 2 heteroatoms. The largest absolute Gasteiger partial charge is 0.456 e. The first-order valence-electron chi connectivity index (χ1n) is 17.8. The van der Waals surface area contributed by atoms with Crippen molar-refractivity contribution < 1.29 is 4.74 Å². The van der Waals surface area contributed by atoms with Crippen LogP contribution < -0.4 is 9.64 Å². The molecule has 0 radical (unpaired) electrons. The molecule has 1 aliphatic heterocycles. The van der Waals surface area contributed by atoms with E-state index < -0.39 is 0 Å². The summed E-state index contributed by atoms with van der Waals surface area (Å²) in [5.41, 5.74) is 12.7. The Morgan fingerprint density at radius 1 is 0.327 bits per heavy atom. The predicted octanol–water partition coefficient (Wildman–Crippen LogP) is 14.2. The fourth-order valence-electron chi connectivity index (χ4n) is 7.79. The molecule has 52 heavy (non-hydrogen) atoms. The van der Waals surface area contributed by atoms with Crippen LogP contribution in [-0.2, 0) is 0 Å². The molecule has 0 bridgehead atoms. The second kappa shape index (κ2) is 12.5. The maximum absolute atomic E-state index is 6.43. The quantitative estimate of drug-likeness (QED) is 0.176. The zero-order valence-corrected chi connectivity index (χ0v) is 28.4. The van der Waals surface area contributed by atoms with Crippen LogP contribution in [0.15, 0.2) is 200 Å². The molecule has 1 aliphatic rings. The van der Waals surface area contributed by atoms with Crippen LogP contribution >= 0.6 is 0 Å². The third-order valence-electron chi connectivity index (χ3n) is 10.2. The summed E-state index contributed by atoms with van der Waals surface area (Å²) in [5, 5.41) is 4.85. The molecule has 9 aromatic carbocycles. The first-order valence-corrected chi connectivity index (χ1v) is 17.8. The van der Waals surface area contributed by atoms with E-state index in [4.69, 9.17) is 4.74 Å². The maximum atomic E-state index is 6.43. The Hall–Kier alpha value is -6.90. The molecule has 0 fully saturated rings. The van der Waals surface area contributed by atoms with Crippen molar-refractivity contribution in [3.63, 3.8) is 0 Å². The van der Waals surface area contributed by atoms with Gasteiger partial charge in [0.1, 0.15) is 11.5 Å². The van der Waals surface area contributed by atoms with Crippen molar-refractivity contribution in [3.8, 4) is 56.0 Å². The van der Waals surface area contributed by atoms with Gasteiger partial charge in [-0.15, -0.1) is 0 Å². The van der Waals surface area contributed by atoms with Gasteiger partial charge in [-0.05, 0) is 98.1 Å². The number of nitrogens with zero attached hydrogens (tertiary/aromatic N) is 1. The lowest BCUT2D eigenvalue weighted by molar-refractivity contribution is 0.487. The van der Waals surface area contributed by atoms with Gasteiger partial charge in [-0.2, -0.15) is 0 Å². The van der Waals surface area contributed by atoms with Crippen molar-refractivity contribution in [1.29, 1.82) is 0 Å². The van der Waals surface area contributed by atoms with Crippen LogP contribution in [0.3, 0.4) is 0 Å². The van der Waals surface area contributed by atoms with E-state index in [-0.39, 0.29) is 0 Å². The summed E-state index contributed by atoms with van der Waals surface area (Å²) in [4.78, 5) is 2.39. The van der Waals surface area contributed by atoms with Crippen LogP contribution in [0.25, 0.3) is 66.1 Å². The number of fused-ring (bicyclic) bond motifs is 3. The molecule has 0 aliphatic carbocycles. The summed E-state index contributed by atoms with van der Waals surface area (Å²) in [6, 6.07) is 71.7. The lowest BCUT2D eigenvalue weighted by Crippen LogP contribution is -2.11. The van der Waals surface area contributed by atoms with E-state index in [1.54, 1.807) is 0 Å². The molecule has 9 aromatic rings. The smallest absolute Gasteiger partial charge is 0.135 e. The Morgan fingerprint density at radius 3 is 1.83 bits per heavy atom. The highest BCUT2D eigenvalue weighted by Gasteiger charge is 2.22. The molecule has 0 saturated carbocycles. The Labute approximate surface area is 303 Å². The summed E-state index contributed by atoms with van der Waals surface area (Å²) in [6.45, 7) is 0. The van der Waals surface area contributed by atoms with Gasteiger partial charge in [0.15, 0.2) is 0 Å². The van der Waals surface area contributed by atoms with Gasteiger partial charge in [0.05, 0.1) is 5.69 Å². The van der Waals surface area contributed by atoms with Gasteiger partial charge in [0.25, 0.3) is 0 Å². The van der Waals surface area contributed by atoms with E-state index in [1.165, 1.54) is 49.4 Å². The molecule has 2 nitrogen and oxygen atoms in total. The van der Waals surface area contributed by atoms with E-state index in [2.05, 4.69) is 205 Å². The van der Waals surface area contributed by atoms with Crippen molar-refractivity contribution in [2.24, 2.45) is 0 Å². The molecule has 1 heterocycles. The zero-order chi connectivity index (χ0) is 34.4. The van der Waals surface area contributed by atoms with Gasteiger partial charge in [0, 0.05) is 27.9 Å². The van der Waals surface area contributed by atoms with Crippen molar-refractivity contribution in [2.75, 3.05) is 4.90 Å². The third kappa shape index (κ3) is 5.12. The summed E-state index contributed by atoms with van der Waals surface area (Å²) < 4.78 is 6.43. The molecule has 0 unspecified atom stereocenters. The molecule has 244 valence electrons. The Balaban J connectivity index is 1.11.